The number of para-hydroxylation sites is 2. The first-order valence-electron chi connectivity index (χ1n) is 16.0. The Morgan fingerprint density at radius 1 is 0.457 bits per heavy atom. The van der Waals surface area contributed by atoms with Crippen LogP contribution >= 0.6 is 0 Å². The number of rotatable bonds is 3. The Balaban J connectivity index is 1.36. The van der Waals surface area contributed by atoms with Gasteiger partial charge in [-0.1, -0.05) is 133 Å². The third-order valence-electron chi connectivity index (χ3n) is 10.2. The highest BCUT2D eigenvalue weighted by molar-refractivity contribution is 7.22. The Morgan fingerprint density at radius 2 is 1.09 bits per heavy atom. The van der Waals surface area contributed by atoms with E-state index in [2.05, 4.69) is 175 Å². The molecule has 0 amide bonds. The molecular formula is C42H28BNOSi. The van der Waals surface area contributed by atoms with Crippen LogP contribution in [-0.4, -0.2) is 14.8 Å². The quantitative estimate of drug-likeness (QED) is 0.250. The molecule has 46 heavy (non-hydrogen) atoms. The molecule has 7 aromatic rings. The molecular weight excluding hydrogens is 573 g/mol. The zero-order valence-electron chi connectivity index (χ0n) is 25.1. The Labute approximate surface area is 270 Å². The molecule has 0 fully saturated rings. The topological polar surface area (TPSA) is 12.5 Å². The van der Waals surface area contributed by atoms with Gasteiger partial charge in [0.25, 0.3) is 6.71 Å². The van der Waals surface area contributed by atoms with Crippen LogP contribution in [0.15, 0.2) is 170 Å². The van der Waals surface area contributed by atoms with E-state index in [1.165, 1.54) is 59.6 Å². The highest BCUT2D eigenvalue weighted by Crippen LogP contribution is 2.42. The summed E-state index contributed by atoms with van der Waals surface area (Å²) in [6.07, 6.45) is 0. The van der Waals surface area contributed by atoms with Crippen molar-refractivity contribution in [3.63, 3.8) is 0 Å². The van der Waals surface area contributed by atoms with Crippen LogP contribution in [0.3, 0.4) is 0 Å². The fourth-order valence-electron chi connectivity index (χ4n) is 8.42. The van der Waals surface area contributed by atoms with Crippen molar-refractivity contribution < 1.29 is 4.74 Å². The predicted octanol–water partition coefficient (Wildman–Crippen LogP) is 5.45. The summed E-state index contributed by atoms with van der Waals surface area (Å²) < 4.78 is 6.63. The smallest absolute Gasteiger partial charge is 0.256 e. The van der Waals surface area contributed by atoms with Crippen molar-refractivity contribution >= 4 is 69.0 Å². The lowest BCUT2D eigenvalue weighted by Crippen LogP contribution is -2.73. The molecule has 7 aromatic carbocycles. The van der Waals surface area contributed by atoms with Gasteiger partial charge < -0.3 is 9.64 Å². The molecule has 0 aliphatic carbocycles. The van der Waals surface area contributed by atoms with E-state index in [0.717, 1.165) is 17.2 Å². The number of hydrogen-bond acceptors (Lipinski definition) is 2. The molecule has 0 unspecified atom stereocenters. The van der Waals surface area contributed by atoms with Gasteiger partial charge in [-0.3, -0.25) is 0 Å². The maximum absolute atomic E-state index is 6.63. The number of nitrogens with zero attached hydrogens (tertiary/aromatic N) is 1. The number of ether oxygens (including phenoxy) is 1. The van der Waals surface area contributed by atoms with Crippen molar-refractivity contribution in [2.24, 2.45) is 0 Å². The molecule has 3 aliphatic rings. The zero-order valence-corrected chi connectivity index (χ0v) is 26.1. The van der Waals surface area contributed by atoms with Crippen molar-refractivity contribution in [3.8, 4) is 22.6 Å². The summed E-state index contributed by atoms with van der Waals surface area (Å²) in [5.74, 6) is 1.88. The van der Waals surface area contributed by atoms with E-state index >= 15 is 0 Å². The number of anilines is 3. The Bertz CT molecular complexity index is 2270. The lowest BCUT2D eigenvalue weighted by atomic mass is 9.34. The van der Waals surface area contributed by atoms with Gasteiger partial charge in [-0.15, -0.1) is 0 Å². The van der Waals surface area contributed by atoms with Crippen molar-refractivity contribution in [2.45, 2.75) is 0 Å². The van der Waals surface area contributed by atoms with Gasteiger partial charge >= 0.3 is 0 Å². The molecule has 0 saturated heterocycles. The van der Waals surface area contributed by atoms with Crippen molar-refractivity contribution in [1.29, 1.82) is 0 Å². The molecule has 0 aromatic heterocycles. The van der Waals surface area contributed by atoms with Crippen LogP contribution in [0.25, 0.3) is 11.1 Å². The maximum atomic E-state index is 6.63. The molecule has 3 aliphatic heterocycles. The first-order chi connectivity index (χ1) is 22.8. The Morgan fingerprint density at radius 3 is 1.85 bits per heavy atom. The molecule has 10 rings (SSSR count). The van der Waals surface area contributed by atoms with E-state index in [1.54, 1.807) is 0 Å². The van der Waals surface area contributed by atoms with Crippen LogP contribution < -0.4 is 46.8 Å². The molecule has 0 saturated carbocycles. The molecule has 0 N–H and O–H groups in total. The lowest BCUT2D eigenvalue weighted by Gasteiger charge is -2.41. The van der Waals surface area contributed by atoms with E-state index in [1.807, 2.05) is 0 Å². The Kier molecular flexibility index (Phi) is 5.43. The minimum absolute atomic E-state index is 0.0540. The normalized spacial score (nSPS) is 14.3. The van der Waals surface area contributed by atoms with Crippen molar-refractivity contribution in [1.82, 2.24) is 0 Å². The first-order valence-corrected chi connectivity index (χ1v) is 18.0. The number of hydrogen-bond donors (Lipinski definition) is 0. The van der Waals surface area contributed by atoms with Gasteiger partial charge in [-0.05, 0) is 84.7 Å². The highest BCUT2D eigenvalue weighted by Gasteiger charge is 2.51. The second-order valence-corrected chi connectivity index (χ2v) is 16.1. The summed E-state index contributed by atoms with van der Waals surface area (Å²) in [7, 11) is -2.66. The van der Waals surface area contributed by atoms with Gasteiger partial charge in [0.05, 0.1) is 0 Å². The van der Waals surface area contributed by atoms with Gasteiger partial charge in [0, 0.05) is 17.1 Å². The minimum Gasteiger partial charge on any atom is -0.458 e. The summed E-state index contributed by atoms with van der Waals surface area (Å²) in [5.41, 5.74) is 10.0. The molecule has 0 radical (unpaired) electrons. The predicted molar refractivity (Wildman–Crippen MR) is 195 cm³/mol. The summed E-state index contributed by atoms with van der Waals surface area (Å²) >= 11 is 0. The monoisotopic (exact) mass is 601 g/mol. The van der Waals surface area contributed by atoms with Crippen LogP contribution in [0, 0.1) is 0 Å². The molecule has 0 bridgehead atoms. The van der Waals surface area contributed by atoms with Gasteiger partial charge in [0.15, 0.2) is 8.07 Å². The van der Waals surface area contributed by atoms with E-state index in [-0.39, 0.29) is 6.71 Å². The van der Waals surface area contributed by atoms with Gasteiger partial charge in [-0.25, -0.2) is 0 Å². The van der Waals surface area contributed by atoms with Gasteiger partial charge in [0.2, 0.25) is 0 Å². The molecule has 0 atom stereocenters. The van der Waals surface area contributed by atoms with Crippen LogP contribution in [0.5, 0.6) is 11.5 Å². The summed E-state index contributed by atoms with van der Waals surface area (Å²) in [6, 6.07) is 62.7. The van der Waals surface area contributed by atoms with Crippen LogP contribution in [0.1, 0.15) is 0 Å². The summed E-state index contributed by atoms with van der Waals surface area (Å²) in [4.78, 5) is 2.46. The SMILES string of the molecule is c1ccc(N2c3cc4c(cc3B3c5ccccc5Oc5cccc2c53)[Si](c2ccccc2)(c2ccccc2)c2ccccc2-4)cc1. The molecule has 0 spiro atoms. The van der Waals surface area contributed by atoms with Crippen LogP contribution in [0.4, 0.5) is 17.1 Å². The van der Waals surface area contributed by atoms with Crippen molar-refractivity contribution in [3.05, 3.63) is 170 Å². The van der Waals surface area contributed by atoms with Crippen LogP contribution in [0.2, 0.25) is 0 Å². The maximum Gasteiger partial charge on any atom is 0.256 e. The third-order valence-corrected chi connectivity index (χ3v) is 15.1. The second-order valence-electron chi connectivity index (χ2n) is 12.4. The molecule has 3 heterocycles. The zero-order chi connectivity index (χ0) is 30.2. The fourth-order valence-corrected chi connectivity index (χ4v) is 13.6. The average molecular weight is 602 g/mol. The van der Waals surface area contributed by atoms with E-state index < -0.39 is 8.07 Å². The fraction of sp³-hybridized carbons (Fsp3) is 0. The molecule has 214 valence electrons. The standard InChI is InChI=1S/C42H28BNOSi/c1-4-15-29(16-5-1)44-36-23-14-25-39-42(36)43(34-22-11-12-24-38(34)45-39)35-28-41-33(27-37(35)44)32-21-10-13-26-40(32)46(41,30-17-6-2-7-18-30)31-19-8-3-9-20-31/h1-28H. The first kappa shape index (κ1) is 25.7. The highest BCUT2D eigenvalue weighted by atomic mass is 28.3. The number of fused-ring (bicyclic) bond motifs is 7. The summed E-state index contributed by atoms with van der Waals surface area (Å²) in [5, 5.41) is 5.75. The average Bonchev–Trinajstić information content (AvgIpc) is 3.42. The third kappa shape index (κ3) is 3.37. The Hall–Kier alpha value is -5.58. The molecule has 2 nitrogen and oxygen atoms in total. The molecule has 4 heteroatoms. The van der Waals surface area contributed by atoms with E-state index in [4.69, 9.17) is 4.74 Å². The van der Waals surface area contributed by atoms with Gasteiger partial charge in [0.1, 0.15) is 11.5 Å². The van der Waals surface area contributed by atoms with E-state index in [0.29, 0.717) is 0 Å². The lowest BCUT2D eigenvalue weighted by molar-refractivity contribution is 0.487. The van der Waals surface area contributed by atoms with Crippen molar-refractivity contribution in [2.75, 3.05) is 4.90 Å². The van der Waals surface area contributed by atoms with Crippen LogP contribution in [-0.2, 0) is 0 Å². The summed E-state index contributed by atoms with van der Waals surface area (Å²) in [6.45, 7) is 0.0540. The largest absolute Gasteiger partial charge is 0.458 e. The van der Waals surface area contributed by atoms with E-state index in [9.17, 15) is 0 Å². The minimum atomic E-state index is -2.66. The number of benzene rings is 7. The van der Waals surface area contributed by atoms with Gasteiger partial charge in [-0.2, -0.15) is 0 Å². The second kappa shape index (κ2) is 9.71.